The first-order valence-corrected chi connectivity index (χ1v) is 3.41. The highest BCUT2D eigenvalue weighted by Gasteiger charge is 1.92. The third kappa shape index (κ3) is 6.43. The second kappa shape index (κ2) is 3.43. The van der Waals surface area contributed by atoms with Gasteiger partial charge in [-0.1, -0.05) is 28.2 Å². The van der Waals surface area contributed by atoms with Crippen LogP contribution in [0.5, 0.6) is 0 Å². The van der Waals surface area contributed by atoms with Gasteiger partial charge in [0.15, 0.2) is 0 Å². The number of hydrogen-bond donors (Lipinski definition) is 1. The molecule has 7 heavy (non-hydrogen) atoms. The number of halogens is 1. The van der Waals surface area contributed by atoms with Gasteiger partial charge in [-0.2, -0.15) is 0 Å². The second-order valence-corrected chi connectivity index (χ2v) is 3.28. The lowest BCUT2D eigenvalue weighted by molar-refractivity contribution is 0.923. The molecule has 2 N–H and O–H groups in total. The minimum atomic E-state index is 0.245. The van der Waals surface area contributed by atoms with Crippen molar-refractivity contribution in [3.8, 4) is 0 Å². The van der Waals surface area contributed by atoms with Crippen molar-refractivity contribution >= 4 is 22.6 Å². The van der Waals surface area contributed by atoms with Gasteiger partial charge >= 0.3 is 0 Å². The number of hydrogen-bond acceptors (Lipinski definition) is 1. The number of alkyl halides is 1. The van der Waals surface area contributed by atoms with Gasteiger partial charge in [-0.3, -0.25) is 0 Å². The van der Waals surface area contributed by atoms with Gasteiger partial charge in [0, 0.05) is 0 Å². The molecule has 0 aromatic carbocycles. The zero-order valence-electron chi connectivity index (χ0n) is 4.45. The molecule has 0 spiro atoms. The van der Waals surface area contributed by atoms with Crippen molar-refractivity contribution in [3.63, 3.8) is 0 Å². The molecule has 0 bridgehead atoms. The van der Waals surface area contributed by atoms with Crippen LogP contribution in [-0.4, -0.2) is 4.05 Å². The molecule has 42 valence electrons. The minimum absolute atomic E-state index is 0.245. The van der Waals surface area contributed by atoms with E-state index in [0.29, 0.717) is 0 Å². The van der Waals surface area contributed by atoms with Crippen LogP contribution < -0.4 is 5.73 Å². The summed E-state index contributed by atoms with van der Waals surface area (Å²) in [6, 6.07) is 0. The van der Waals surface area contributed by atoms with Crippen molar-refractivity contribution in [3.05, 3.63) is 12.2 Å². The summed E-state index contributed by atoms with van der Waals surface area (Å²) in [5, 5.41) is 0. The molecule has 0 fully saturated rings. The maximum Gasteiger partial charge on any atom is 0.0605 e. The lowest BCUT2D eigenvalue weighted by atomic mass is 10.2. The highest BCUT2D eigenvalue weighted by molar-refractivity contribution is 14.1. The fraction of sp³-hybridized carbons (Fsp3) is 0.600. The van der Waals surface area contributed by atoms with E-state index in [-0.39, 0.29) is 4.05 Å². The van der Waals surface area contributed by atoms with E-state index >= 15 is 0 Å². The summed E-state index contributed by atoms with van der Waals surface area (Å²) in [5.74, 6) is 0. The monoisotopic (exact) mass is 211 g/mol. The standard InChI is InChI=1S/C5H10IN/c1-4(2)3-5(6)7/h5H,1,3,7H2,2H3. The fourth-order valence-corrected chi connectivity index (χ4v) is 1.08. The molecule has 0 rings (SSSR count). The Morgan fingerprint density at radius 2 is 2.43 bits per heavy atom. The number of rotatable bonds is 2. The van der Waals surface area contributed by atoms with E-state index in [2.05, 4.69) is 29.2 Å². The Kier molecular flexibility index (Phi) is 3.65. The molecule has 0 radical (unpaired) electrons. The topological polar surface area (TPSA) is 26.0 Å². The summed E-state index contributed by atoms with van der Waals surface area (Å²) in [5.41, 5.74) is 6.57. The summed E-state index contributed by atoms with van der Waals surface area (Å²) in [4.78, 5) is 0. The minimum Gasteiger partial charge on any atom is -0.319 e. The van der Waals surface area contributed by atoms with Gasteiger partial charge in [0.1, 0.15) is 0 Å². The molecule has 0 aromatic rings. The van der Waals surface area contributed by atoms with Gasteiger partial charge in [-0.25, -0.2) is 0 Å². The first-order valence-electron chi connectivity index (χ1n) is 2.17. The van der Waals surface area contributed by atoms with E-state index < -0.39 is 0 Å². The molecule has 0 saturated carbocycles. The van der Waals surface area contributed by atoms with Gasteiger partial charge in [-0.15, -0.1) is 6.58 Å². The molecular formula is C5H10IN. The van der Waals surface area contributed by atoms with E-state index in [1.807, 2.05) is 6.92 Å². The van der Waals surface area contributed by atoms with Crippen LogP contribution in [0.1, 0.15) is 13.3 Å². The van der Waals surface area contributed by atoms with Gasteiger partial charge in [-0.05, 0) is 13.3 Å². The third-order valence-electron chi connectivity index (χ3n) is 0.543. The Balaban J connectivity index is 3.13. The summed E-state index contributed by atoms with van der Waals surface area (Å²) < 4.78 is 0.245. The van der Waals surface area contributed by atoms with Crippen LogP contribution in [0.4, 0.5) is 0 Å². The molecule has 0 heterocycles. The Morgan fingerprint density at radius 3 is 2.43 bits per heavy atom. The van der Waals surface area contributed by atoms with Crippen molar-refractivity contribution in [1.29, 1.82) is 0 Å². The van der Waals surface area contributed by atoms with Gasteiger partial charge < -0.3 is 5.73 Å². The Morgan fingerprint density at radius 1 is 2.00 bits per heavy atom. The van der Waals surface area contributed by atoms with Crippen molar-refractivity contribution in [2.45, 2.75) is 17.4 Å². The van der Waals surface area contributed by atoms with Crippen LogP contribution in [0.2, 0.25) is 0 Å². The van der Waals surface area contributed by atoms with E-state index in [0.717, 1.165) is 12.0 Å². The molecule has 0 amide bonds. The Bertz CT molecular complexity index is 68.5. The third-order valence-corrected chi connectivity index (χ3v) is 0.984. The van der Waals surface area contributed by atoms with Gasteiger partial charge in [0.2, 0.25) is 0 Å². The highest BCUT2D eigenvalue weighted by Crippen LogP contribution is 2.04. The Hall–Kier alpha value is 0.430. The van der Waals surface area contributed by atoms with Crippen LogP contribution in [-0.2, 0) is 0 Å². The molecular weight excluding hydrogens is 201 g/mol. The summed E-state index contributed by atoms with van der Waals surface area (Å²) in [6.45, 7) is 5.70. The van der Waals surface area contributed by atoms with Gasteiger partial charge in [0.25, 0.3) is 0 Å². The molecule has 0 aromatic heterocycles. The van der Waals surface area contributed by atoms with E-state index in [4.69, 9.17) is 5.73 Å². The van der Waals surface area contributed by atoms with Crippen molar-refractivity contribution in [2.75, 3.05) is 0 Å². The fourth-order valence-electron chi connectivity index (χ4n) is 0.333. The molecule has 1 unspecified atom stereocenters. The van der Waals surface area contributed by atoms with Crippen molar-refractivity contribution in [1.82, 2.24) is 0 Å². The first-order chi connectivity index (χ1) is 3.13. The average molecular weight is 211 g/mol. The Labute approximate surface area is 58.1 Å². The van der Waals surface area contributed by atoms with E-state index in [1.54, 1.807) is 0 Å². The first kappa shape index (κ1) is 7.43. The molecule has 1 atom stereocenters. The molecule has 0 saturated heterocycles. The largest absolute Gasteiger partial charge is 0.319 e. The second-order valence-electron chi connectivity index (χ2n) is 1.68. The molecule has 0 aliphatic rings. The zero-order chi connectivity index (χ0) is 5.86. The van der Waals surface area contributed by atoms with Crippen molar-refractivity contribution < 1.29 is 0 Å². The normalized spacial score (nSPS) is 13.6. The van der Waals surface area contributed by atoms with E-state index in [1.165, 1.54) is 0 Å². The molecule has 1 nitrogen and oxygen atoms in total. The summed E-state index contributed by atoms with van der Waals surface area (Å²) in [7, 11) is 0. The van der Waals surface area contributed by atoms with Gasteiger partial charge in [0.05, 0.1) is 4.05 Å². The smallest absolute Gasteiger partial charge is 0.0605 e. The molecule has 2 heteroatoms. The maximum absolute atomic E-state index is 5.42. The summed E-state index contributed by atoms with van der Waals surface area (Å²) in [6.07, 6.45) is 0.931. The average Bonchev–Trinajstić information content (AvgIpc) is 1.27. The maximum atomic E-state index is 5.42. The van der Waals surface area contributed by atoms with Crippen LogP contribution in [0.15, 0.2) is 12.2 Å². The molecule has 0 aliphatic carbocycles. The summed E-state index contributed by atoms with van der Waals surface area (Å²) >= 11 is 2.17. The van der Waals surface area contributed by atoms with Crippen LogP contribution in [0, 0.1) is 0 Å². The predicted octanol–water partition coefficient (Wildman–Crippen LogP) is 1.67. The quantitative estimate of drug-likeness (QED) is 0.319. The van der Waals surface area contributed by atoms with Crippen molar-refractivity contribution in [2.24, 2.45) is 5.73 Å². The highest BCUT2D eigenvalue weighted by atomic mass is 127. The van der Waals surface area contributed by atoms with Crippen LogP contribution in [0.25, 0.3) is 0 Å². The van der Waals surface area contributed by atoms with Crippen LogP contribution in [0.3, 0.4) is 0 Å². The lowest BCUT2D eigenvalue weighted by Crippen LogP contribution is -2.09. The zero-order valence-corrected chi connectivity index (χ0v) is 6.60. The number of nitrogens with two attached hydrogens (primary N) is 1. The lowest BCUT2D eigenvalue weighted by Gasteiger charge is -1.98. The SMILES string of the molecule is C=C(C)CC(N)I. The van der Waals surface area contributed by atoms with Crippen LogP contribution >= 0.6 is 22.6 Å². The molecule has 0 aliphatic heterocycles. The predicted molar refractivity (Wildman–Crippen MR) is 41.4 cm³/mol. The van der Waals surface area contributed by atoms with E-state index in [9.17, 15) is 0 Å².